The van der Waals surface area contributed by atoms with Gasteiger partial charge in [-0.1, -0.05) is 0 Å². The third-order valence-electron chi connectivity index (χ3n) is 7.74. The Morgan fingerprint density at radius 1 is 0.870 bits per heavy atom. The molecule has 1 spiro atoms. The zero-order valence-electron chi connectivity index (χ0n) is 16.0. The van der Waals surface area contributed by atoms with E-state index in [2.05, 4.69) is 39.6 Å². The first-order valence-corrected chi connectivity index (χ1v) is 15.0. The van der Waals surface area contributed by atoms with Crippen molar-refractivity contribution in [3.05, 3.63) is 23.0 Å². The van der Waals surface area contributed by atoms with Crippen molar-refractivity contribution in [1.82, 2.24) is 0 Å². The molecule has 0 radical (unpaired) electrons. The first-order valence-electron chi connectivity index (χ1n) is 10.1. The second kappa shape index (κ2) is 6.92. The van der Waals surface area contributed by atoms with E-state index >= 15 is 0 Å². The molecule has 2 saturated heterocycles. The molecule has 0 aromatic rings. The average Bonchev–Trinajstić information content (AvgIpc) is 3.04. The van der Waals surface area contributed by atoms with Crippen LogP contribution in [0.5, 0.6) is 0 Å². The maximum atomic E-state index is 2.69. The maximum absolute atomic E-state index is 2.69. The number of allylic oxidation sites excluding steroid dienone is 4. The molecule has 1 aliphatic carbocycles. The third kappa shape index (κ3) is 3.13. The van der Waals surface area contributed by atoms with Crippen LogP contribution in [0.3, 0.4) is 0 Å². The number of hydrogen-bond donors (Lipinski definition) is 0. The molecule has 23 heavy (non-hydrogen) atoms. The number of hydrogen-bond acceptors (Lipinski definition) is 0. The number of rotatable bonds is 4. The minimum atomic E-state index is -1.49. The molecular weight excluding hydrogens is 314 g/mol. The van der Waals surface area contributed by atoms with Crippen LogP contribution in [0.4, 0.5) is 0 Å². The fourth-order valence-corrected chi connectivity index (χ4v) is 16.0. The Morgan fingerprint density at radius 2 is 1.39 bits per heavy atom. The van der Waals surface area contributed by atoms with E-state index in [-0.39, 0.29) is 7.92 Å². The Hall–Kier alpha value is 0.340. The van der Waals surface area contributed by atoms with E-state index in [1.165, 1.54) is 19.3 Å². The SMILES string of the molecule is CC(C)P(C)C1=C([C@@H](C)P23(CCCCC2)CCCCC3)CC=C1. The van der Waals surface area contributed by atoms with Crippen LogP contribution in [0, 0.1) is 0 Å². The van der Waals surface area contributed by atoms with Gasteiger partial charge in [0.1, 0.15) is 0 Å². The Morgan fingerprint density at radius 3 is 1.87 bits per heavy atom. The van der Waals surface area contributed by atoms with Gasteiger partial charge >= 0.3 is 146 Å². The van der Waals surface area contributed by atoms with Gasteiger partial charge in [-0.05, 0) is 0 Å². The summed E-state index contributed by atoms with van der Waals surface area (Å²) in [5, 5.41) is 1.80. The third-order valence-corrected chi connectivity index (χ3v) is 19.1. The van der Waals surface area contributed by atoms with Crippen molar-refractivity contribution in [3.63, 3.8) is 0 Å². The first kappa shape index (κ1) is 18.1. The van der Waals surface area contributed by atoms with Crippen molar-refractivity contribution >= 4 is 14.5 Å². The van der Waals surface area contributed by atoms with Gasteiger partial charge in [0, 0.05) is 0 Å². The van der Waals surface area contributed by atoms with Crippen molar-refractivity contribution in [2.45, 2.75) is 77.0 Å². The van der Waals surface area contributed by atoms with Gasteiger partial charge in [0.25, 0.3) is 0 Å². The zero-order chi connectivity index (χ0) is 16.5. The van der Waals surface area contributed by atoms with E-state index in [9.17, 15) is 0 Å². The van der Waals surface area contributed by atoms with Crippen LogP contribution in [0.15, 0.2) is 23.0 Å². The van der Waals surface area contributed by atoms with Gasteiger partial charge in [-0.2, -0.15) is 0 Å². The molecule has 2 heterocycles. The average molecular weight is 352 g/mol. The summed E-state index contributed by atoms with van der Waals surface area (Å²) in [6.07, 6.45) is 22.1. The molecule has 0 amide bonds. The molecule has 3 aliphatic rings. The molecule has 0 N–H and O–H groups in total. The van der Waals surface area contributed by atoms with E-state index in [1.807, 2.05) is 5.57 Å². The summed E-state index contributed by atoms with van der Waals surface area (Å²) in [5.74, 6) is 0. The van der Waals surface area contributed by atoms with Gasteiger partial charge in [-0.15, -0.1) is 0 Å². The van der Waals surface area contributed by atoms with Crippen LogP contribution in [-0.4, -0.2) is 42.6 Å². The fourth-order valence-electron chi connectivity index (χ4n) is 5.91. The van der Waals surface area contributed by atoms with Crippen LogP contribution >= 0.6 is 14.5 Å². The van der Waals surface area contributed by atoms with Crippen LogP contribution in [0.1, 0.15) is 65.7 Å². The molecule has 2 atom stereocenters. The monoisotopic (exact) mass is 352 g/mol. The van der Waals surface area contributed by atoms with Crippen LogP contribution in [0.25, 0.3) is 0 Å². The van der Waals surface area contributed by atoms with Crippen molar-refractivity contribution in [2.24, 2.45) is 0 Å². The van der Waals surface area contributed by atoms with E-state index in [0.29, 0.717) is 0 Å². The van der Waals surface area contributed by atoms with Crippen LogP contribution < -0.4 is 0 Å². The molecule has 3 rings (SSSR count). The molecule has 132 valence electrons. The Bertz CT molecular complexity index is 462. The van der Waals surface area contributed by atoms with E-state index in [0.717, 1.165) is 11.3 Å². The van der Waals surface area contributed by atoms with Gasteiger partial charge in [-0.25, -0.2) is 0 Å². The summed E-state index contributed by atoms with van der Waals surface area (Å²) >= 11 is 0. The Balaban J connectivity index is 1.98. The van der Waals surface area contributed by atoms with Crippen molar-refractivity contribution in [3.8, 4) is 0 Å². The molecule has 0 saturated carbocycles. The van der Waals surface area contributed by atoms with Crippen molar-refractivity contribution < 1.29 is 0 Å². The molecular formula is C21H38P2. The summed E-state index contributed by atoms with van der Waals surface area (Å²) in [5.41, 5.74) is 3.68. The standard InChI is InChI=1S/C21H38P2/c1-18(2)22(4)21-13-11-12-20(21)19(3)23(14-7-5-8-15-23)16-9-6-10-17-23/h11,13,18-19H,5-10,12,14-17H2,1-4H3/t19-,22?/m1/s1. The van der Waals surface area contributed by atoms with Gasteiger partial charge in [0.2, 0.25) is 0 Å². The van der Waals surface area contributed by atoms with Gasteiger partial charge in [0.05, 0.1) is 0 Å². The van der Waals surface area contributed by atoms with Crippen molar-refractivity contribution in [2.75, 3.05) is 31.3 Å². The molecule has 0 aromatic heterocycles. The molecule has 2 fully saturated rings. The van der Waals surface area contributed by atoms with Gasteiger partial charge in [0.15, 0.2) is 0 Å². The van der Waals surface area contributed by atoms with Crippen LogP contribution in [-0.2, 0) is 0 Å². The topological polar surface area (TPSA) is 0 Å². The summed E-state index contributed by atoms with van der Waals surface area (Å²) < 4.78 is 0. The molecule has 0 nitrogen and oxygen atoms in total. The summed E-state index contributed by atoms with van der Waals surface area (Å²) in [4.78, 5) is 0. The second-order valence-corrected chi connectivity index (χ2v) is 18.4. The molecule has 2 aliphatic heterocycles. The zero-order valence-corrected chi connectivity index (χ0v) is 17.8. The Kier molecular flexibility index (Phi) is 5.46. The second-order valence-electron chi connectivity index (χ2n) is 8.99. The molecule has 1 unspecified atom stereocenters. The van der Waals surface area contributed by atoms with E-state index < -0.39 is 6.60 Å². The molecule has 0 aromatic carbocycles. The van der Waals surface area contributed by atoms with Gasteiger partial charge < -0.3 is 0 Å². The summed E-state index contributed by atoms with van der Waals surface area (Å²) in [6, 6.07) is 0. The predicted molar refractivity (Wildman–Crippen MR) is 112 cm³/mol. The molecule has 0 bridgehead atoms. The minimum absolute atomic E-state index is 0.0392. The quantitative estimate of drug-likeness (QED) is 0.476. The fraction of sp³-hybridized carbons (Fsp3) is 0.810. The van der Waals surface area contributed by atoms with E-state index in [1.54, 1.807) is 55.6 Å². The van der Waals surface area contributed by atoms with Crippen LogP contribution in [0.2, 0.25) is 0 Å². The predicted octanol–water partition coefficient (Wildman–Crippen LogP) is 7.03. The van der Waals surface area contributed by atoms with Gasteiger partial charge in [-0.3, -0.25) is 0 Å². The van der Waals surface area contributed by atoms with E-state index in [4.69, 9.17) is 0 Å². The molecule has 2 heteroatoms. The normalized spacial score (nSPS) is 31.1. The Labute approximate surface area is 146 Å². The summed E-state index contributed by atoms with van der Waals surface area (Å²) in [6.45, 7) is 8.60. The first-order chi connectivity index (χ1) is 11.0. The van der Waals surface area contributed by atoms with Crippen molar-refractivity contribution in [1.29, 1.82) is 0 Å². The summed E-state index contributed by atoms with van der Waals surface area (Å²) in [7, 11) is 0.0392.